The number of unbranched alkanes of at least 4 members (excludes halogenated alkanes) is 8. The maximum Gasteiger partial charge on any atom is 0.317 e. The second kappa shape index (κ2) is 37.8. The SMILES string of the molecule is CN(/N=C\c1ccc2c(c1)-c1ccccc1C2CCCCC[Si]1(C)O[Si](C)(CCCCCn2c3ccccc3c3cc(/C=N\N(C)c4ccccc4)ccc32)O[Si](C)(CCCCCn2c3ccccc3c3cc(/C=N\N(C)c4ccccc4)ccc32)O[Si](C)(CCCCCn2c3ccccc3c3cc(N=[N+](C)c4ccccc4)ccc32)O1)c1ccccc1. The van der Waals surface area contributed by atoms with E-state index >= 15 is 0 Å². The molecule has 19 heteroatoms. The Bertz CT molecular complexity index is 6320. The van der Waals surface area contributed by atoms with Gasteiger partial charge in [-0.2, -0.15) is 15.3 Å². The molecule has 0 bridgehead atoms. The smallest absolute Gasteiger partial charge is 0.317 e. The molecule has 5 atom stereocenters. The molecule has 0 saturated carbocycles. The van der Waals surface area contributed by atoms with Crippen LogP contribution < -0.4 is 15.0 Å². The minimum atomic E-state index is -3.03. The molecular weight excluding hydrogens is 1580 g/mol. The molecule has 0 N–H and O–H groups in total. The van der Waals surface area contributed by atoms with Crippen LogP contribution in [0.1, 0.15) is 117 Å². The number of anilines is 3. The van der Waals surface area contributed by atoms with E-state index in [-0.39, 0.29) is 0 Å². The number of hydrogen-bond donors (Lipinski definition) is 0. The van der Waals surface area contributed by atoms with Crippen molar-refractivity contribution in [3.63, 3.8) is 0 Å². The lowest BCUT2D eigenvalue weighted by Crippen LogP contribution is -2.67. The van der Waals surface area contributed by atoms with E-state index in [0.29, 0.717) is 5.92 Å². The van der Waals surface area contributed by atoms with Crippen LogP contribution in [0.25, 0.3) is 76.5 Å². The zero-order valence-corrected chi connectivity index (χ0v) is 76.7. The van der Waals surface area contributed by atoms with Crippen LogP contribution >= 0.6 is 0 Å². The Balaban J connectivity index is 0.625. The lowest BCUT2D eigenvalue weighted by atomic mass is 9.91. The summed E-state index contributed by atoms with van der Waals surface area (Å²) >= 11 is 0. The third-order valence-electron chi connectivity index (χ3n) is 25.2. The molecular formula is C104H116N11O4Si4+. The number of hydrazone groups is 3. The fraction of sp³-hybridized carbons (Fsp3) is 0.279. The third kappa shape index (κ3) is 19.4. The van der Waals surface area contributed by atoms with Crippen molar-refractivity contribution in [2.45, 2.75) is 159 Å². The summed E-state index contributed by atoms with van der Waals surface area (Å²) in [6.07, 6.45) is 19.4. The molecule has 1 saturated heterocycles. The van der Waals surface area contributed by atoms with E-state index in [1.165, 1.54) is 87.7 Å². The monoisotopic (exact) mass is 1690 g/mol. The van der Waals surface area contributed by atoms with E-state index in [1.54, 1.807) is 0 Å². The molecule has 4 heterocycles. The first kappa shape index (κ1) is 84.0. The molecule has 626 valence electrons. The van der Waals surface area contributed by atoms with Crippen molar-refractivity contribution in [3.8, 4) is 11.1 Å². The predicted octanol–water partition coefficient (Wildman–Crippen LogP) is 27.1. The van der Waals surface area contributed by atoms with Gasteiger partial charge in [-0.25, -0.2) is 0 Å². The van der Waals surface area contributed by atoms with E-state index in [2.05, 4.69) is 283 Å². The summed E-state index contributed by atoms with van der Waals surface area (Å²) in [4.78, 5) is 0. The molecule has 15 nitrogen and oxygen atoms in total. The van der Waals surface area contributed by atoms with Gasteiger partial charge in [0.25, 0.3) is 0 Å². The van der Waals surface area contributed by atoms with Crippen LogP contribution in [-0.2, 0) is 36.1 Å². The number of fused-ring (bicyclic) bond motifs is 12. The van der Waals surface area contributed by atoms with Gasteiger partial charge in [-0.05, 0) is 223 Å². The van der Waals surface area contributed by atoms with Gasteiger partial charge in [0, 0.05) is 124 Å². The molecule has 1 aliphatic carbocycles. The van der Waals surface area contributed by atoms with Crippen LogP contribution in [0, 0.1) is 0 Å². The molecule has 1 aliphatic heterocycles. The van der Waals surface area contributed by atoms with Crippen molar-refractivity contribution >= 4 is 147 Å². The maximum atomic E-state index is 8.13. The van der Waals surface area contributed by atoms with Gasteiger partial charge in [-0.3, -0.25) is 15.0 Å². The molecule has 0 amide bonds. The number of para-hydroxylation sites is 7. The van der Waals surface area contributed by atoms with Crippen molar-refractivity contribution in [1.82, 2.24) is 13.7 Å². The van der Waals surface area contributed by atoms with Crippen molar-refractivity contribution in [2.24, 2.45) is 20.4 Å². The lowest BCUT2D eigenvalue weighted by Gasteiger charge is -2.50. The molecule has 12 aromatic carbocycles. The fourth-order valence-electron chi connectivity index (χ4n) is 19.3. The summed E-state index contributed by atoms with van der Waals surface area (Å²) in [6, 6.07) is 108. The summed E-state index contributed by atoms with van der Waals surface area (Å²) in [5.41, 5.74) is 21.4. The van der Waals surface area contributed by atoms with E-state index < -0.39 is 34.2 Å². The normalized spacial score (nSPS) is 18.8. The second-order valence-electron chi connectivity index (χ2n) is 34.5. The van der Waals surface area contributed by atoms with Crippen LogP contribution in [0.5, 0.6) is 0 Å². The van der Waals surface area contributed by atoms with Crippen LogP contribution in [0.3, 0.4) is 0 Å². The first-order valence-electron chi connectivity index (χ1n) is 44.6. The zero-order chi connectivity index (χ0) is 84.3. The highest BCUT2D eigenvalue weighted by molar-refractivity contribution is 6.94. The van der Waals surface area contributed by atoms with Crippen LogP contribution in [0.4, 0.5) is 28.4 Å². The molecule has 0 radical (unpaired) electrons. The van der Waals surface area contributed by atoms with Gasteiger partial charge in [-0.15, -0.1) is 0 Å². The number of benzene rings is 12. The van der Waals surface area contributed by atoms with E-state index in [1.807, 2.05) is 115 Å². The summed E-state index contributed by atoms with van der Waals surface area (Å²) in [7, 11) is -4.07. The number of hydrogen-bond acceptors (Lipinski definition) is 11. The predicted molar refractivity (Wildman–Crippen MR) is 524 cm³/mol. The van der Waals surface area contributed by atoms with Crippen LogP contribution in [-0.4, -0.2) is 99.5 Å². The Morgan fingerprint density at radius 3 is 1.08 bits per heavy atom. The highest BCUT2D eigenvalue weighted by Gasteiger charge is 2.56. The zero-order valence-electron chi connectivity index (χ0n) is 72.7. The van der Waals surface area contributed by atoms with Gasteiger partial charge >= 0.3 is 34.2 Å². The Kier molecular flexibility index (Phi) is 25.8. The summed E-state index contributed by atoms with van der Waals surface area (Å²) < 4.78 is 42.1. The molecule has 3 aromatic heterocycles. The fourth-order valence-corrected chi connectivity index (χ4v) is 42.9. The number of nitrogens with zero attached hydrogens (tertiary/aromatic N) is 11. The number of aryl methyl sites for hydroxylation is 3. The van der Waals surface area contributed by atoms with Gasteiger partial charge in [-0.1, -0.05) is 238 Å². The minimum Gasteiger partial charge on any atom is -0.416 e. The van der Waals surface area contributed by atoms with E-state index in [0.717, 1.165) is 172 Å². The lowest BCUT2D eigenvalue weighted by molar-refractivity contribution is -0.476. The maximum absolute atomic E-state index is 8.13. The van der Waals surface area contributed by atoms with Gasteiger partial charge in [0.15, 0.2) is 7.05 Å². The van der Waals surface area contributed by atoms with Crippen molar-refractivity contribution in [1.29, 1.82) is 0 Å². The van der Waals surface area contributed by atoms with Crippen LogP contribution in [0.2, 0.25) is 50.4 Å². The molecule has 2 aliphatic rings. The first-order valence-corrected chi connectivity index (χ1v) is 54.7. The van der Waals surface area contributed by atoms with Gasteiger partial charge in [0.1, 0.15) is 5.69 Å². The molecule has 15 aromatic rings. The Hall–Kier alpha value is -11.2. The third-order valence-corrected chi connectivity index (χ3v) is 44.1. The summed E-state index contributed by atoms with van der Waals surface area (Å²) in [6.45, 7) is 12.3. The Morgan fingerprint density at radius 1 is 0.317 bits per heavy atom. The Labute approximate surface area is 729 Å². The van der Waals surface area contributed by atoms with Crippen molar-refractivity contribution < 1.29 is 21.2 Å². The van der Waals surface area contributed by atoms with E-state index in [4.69, 9.17) is 36.9 Å². The van der Waals surface area contributed by atoms with E-state index in [9.17, 15) is 0 Å². The summed E-state index contributed by atoms with van der Waals surface area (Å²) in [5.74, 6) is 0.324. The van der Waals surface area contributed by atoms with Gasteiger partial charge in [0.05, 0.1) is 35.7 Å². The Morgan fingerprint density at radius 2 is 0.650 bits per heavy atom. The largest absolute Gasteiger partial charge is 0.416 e. The topological polar surface area (TPSA) is 114 Å². The standard InChI is InChI=1S/C104H116N11O4Si4/c1-109(84-41-17-9-18-42-84)105-77-80-58-62-91-89(88-50-26-27-51-90(88)95(91)73-80)49-25-13-37-69-120(5)116-121(6,70-38-14-34-66-113-99-55-31-28-52-92(99)96-74-81(59-63-102(96)113)78-106-110(2)85-43-19-10-20-44-85)118-123(8,72-39-15-35-67-114-100-56-32-29-53-93(100)97-75-82(60-64-103(97)114)79-107-111(3)86-45-21-11-22-46-86)119-122(7,117-120)71-40-16-36-68-115-101-57-33-30-54-94(101)98-76-83(61-65-104(98)115)108-112(4)87-47-23-12-24-48-87/h9-12,17-24,26-33,41-48,50-65,73-79,89H,13-16,25,34-40,49,66-72H2,1-8H3/q+1/b105-77-,106-78-,107-79-. The van der Waals surface area contributed by atoms with Crippen molar-refractivity contribution in [3.05, 3.63) is 319 Å². The second-order valence-corrected chi connectivity index (χ2v) is 48.8. The van der Waals surface area contributed by atoms with Crippen molar-refractivity contribution in [2.75, 3.05) is 43.2 Å². The molecule has 1 fully saturated rings. The first-order chi connectivity index (χ1) is 60.0. The molecule has 0 spiro atoms. The number of azo groups is 2. The highest BCUT2D eigenvalue weighted by Crippen LogP contribution is 2.48. The number of aromatic nitrogens is 3. The molecule has 5 unspecified atom stereocenters. The average Bonchev–Trinajstić information content (AvgIpc) is 1.75. The van der Waals surface area contributed by atoms with Gasteiger partial charge < -0.3 is 30.2 Å². The average molecular weight is 1700 g/mol. The number of rotatable bonds is 35. The highest BCUT2D eigenvalue weighted by atomic mass is 28.5. The van der Waals surface area contributed by atoms with Gasteiger partial charge in [0.2, 0.25) is 5.69 Å². The van der Waals surface area contributed by atoms with Crippen LogP contribution in [0.15, 0.2) is 312 Å². The summed E-state index contributed by atoms with van der Waals surface area (Å²) in [5, 5.41) is 32.9. The molecule has 17 rings (SSSR count). The molecule has 123 heavy (non-hydrogen) atoms. The minimum absolute atomic E-state index is 0.324. The quantitative estimate of drug-likeness (QED) is 0.00971.